The lowest BCUT2D eigenvalue weighted by Crippen LogP contribution is -2.02. The van der Waals surface area contributed by atoms with Gasteiger partial charge in [-0.2, -0.15) is 0 Å². The van der Waals surface area contributed by atoms with Crippen LogP contribution in [0.15, 0.2) is 58.3 Å². The van der Waals surface area contributed by atoms with Crippen molar-refractivity contribution in [3.8, 4) is 5.75 Å². The van der Waals surface area contributed by atoms with Crippen molar-refractivity contribution in [2.45, 2.75) is 16.7 Å². The van der Waals surface area contributed by atoms with Crippen LogP contribution in [0.2, 0.25) is 0 Å². The van der Waals surface area contributed by atoms with E-state index in [9.17, 15) is 23.6 Å². The Labute approximate surface area is 127 Å². The first-order valence-electron chi connectivity index (χ1n) is 6.31. The molecule has 1 N–H and O–H groups in total. The normalized spacial score (nSPS) is 11.7. The average molecular weight is 319 g/mol. The number of phenolic OH excluding ortho intramolecular Hbond substituents is 1. The molecule has 0 bridgehead atoms. The topological polar surface area (TPSA) is 97.5 Å². The number of aromatic hydroxyl groups is 1. The Morgan fingerprint density at radius 1 is 1.09 bits per heavy atom. The van der Waals surface area contributed by atoms with Gasteiger partial charge in [-0.3, -0.25) is 10.1 Å². The van der Waals surface area contributed by atoms with Crippen LogP contribution in [0.5, 0.6) is 5.75 Å². The highest BCUT2D eigenvalue weighted by atomic mass is 32.2. The molecule has 0 heterocycles. The lowest BCUT2D eigenvalue weighted by Gasteiger charge is -2.07. The highest BCUT2D eigenvalue weighted by Crippen LogP contribution is 2.27. The molecule has 7 heteroatoms. The summed E-state index contributed by atoms with van der Waals surface area (Å²) in [6.07, 6.45) is 3.27. The van der Waals surface area contributed by atoms with Gasteiger partial charge in [-0.05, 0) is 37.3 Å². The fourth-order valence-corrected chi connectivity index (χ4v) is 3.19. The van der Waals surface area contributed by atoms with Gasteiger partial charge in [0.2, 0.25) is 9.84 Å². The highest BCUT2D eigenvalue weighted by molar-refractivity contribution is 7.91. The number of sulfone groups is 1. The van der Waals surface area contributed by atoms with Crippen molar-refractivity contribution >= 4 is 21.6 Å². The van der Waals surface area contributed by atoms with Crippen molar-refractivity contribution in [1.82, 2.24) is 0 Å². The zero-order valence-electron chi connectivity index (χ0n) is 11.6. The Morgan fingerprint density at radius 2 is 1.68 bits per heavy atom. The van der Waals surface area contributed by atoms with Gasteiger partial charge >= 0.3 is 0 Å². The van der Waals surface area contributed by atoms with E-state index in [0.717, 1.165) is 12.1 Å². The van der Waals surface area contributed by atoms with Crippen LogP contribution >= 0.6 is 0 Å². The largest absolute Gasteiger partial charge is 0.507 e. The number of benzene rings is 2. The molecule has 2 aromatic rings. The van der Waals surface area contributed by atoms with Gasteiger partial charge in [0.05, 0.1) is 14.7 Å². The van der Waals surface area contributed by atoms with Crippen LogP contribution in [0.1, 0.15) is 12.5 Å². The summed E-state index contributed by atoms with van der Waals surface area (Å²) in [5.74, 6) is -0.0271. The third kappa shape index (κ3) is 2.99. The van der Waals surface area contributed by atoms with Gasteiger partial charge in [0.15, 0.2) is 0 Å². The van der Waals surface area contributed by atoms with Crippen molar-refractivity contribution in [3.05, 3.63) is 64.2 Å². The van der Waals surface area contributed by atoms with Crippen LogP contribution in [0.3, 0.4) is 0 Å². The molecule has 0 atom stereocenters. The van der Waals surface area contributed by atoms with Crippen LogP contribution in [-0.2, 0) is 9.84 Å². The second kappa shape index (κ2) is 5.98. The monoisotopic (exact) mass is 319 g/mol. The maximum atomic E-state index is 12.5. The fraction of sp³-hybridized carbons (Fsp3) is 0.0667. The molecule has 0 spiro atoms. The Morgan fingerprint density at radius 3 is 2.23 bits per heavy atom. The van der Waals surface area contributed by atoms with Gasteiger partial charge in [-0.1, -0.05) is 12.2 Å². The second-order valence-electron chi connectivity index (χ2n) is 4.48. The molecular weight excluding hydrogens is 306 g/mol. The van der Waals surface area contributed by atoms with Gasteiger partial charge in [-0.25, -0.2) is 8.42 Å². The van der Waals surface area contributed by atoms with Crippen molar-refractivity contribution < 1.29 is 18.4 Å². The van der Waals surface area contributed by atoms with E-state index in [2.05, 4.69) is 0 Å². The molecule has 0 radical (unpaired) electrons. The van der Waals surface area contributed by atoms with Gasteiger partial charge in [0, 0.05) is 17.7 Å². The summed E-state index contributed by atoms with van der Waals surface area (Å²) < 4.78 is 25.0. The molecule has 6 nitrogen and oxygen atoms in total. The number of nitro groups is 1. The van der Waals surface area contributed by atoms with E-state index in [1.165, 1.54) is 30.3 Å². The lowest BCUT2D eigenvalue weighted by atomic mass is 10.2. The summed E-state index contributed by atoms with van der Waals surface area (Å²) >= 11 is 0. The van der Waals surface area contributed by atoms with E-state index in [0.29, 0.717) is 5.56 Å². The quantitative estimate of drug-likeness (QED) is 0.689. The fourth-order valence-electron chi connectivity index (χ4n) is 1.90. The molecule has 2 aromatic carbocycles. The van der Waals surface area contributed by atoms with Crippen LogP contribution in [0.4, 0.5) is 5.69 Å². The van der Waals surface area contributed by atoms with E-state index in [4.69, 9.17) is 0 Å². The average Bonchev–Trinajstić information content (AvgIpc) is 2.49. The minimum absolute atomic E-state index is 0.00672. The smallest absolute Gasteiger partial charge is 0.269 e. The Balaban J connectivity index is 2.50. The van der Waals surface area contributed by atoms with Crippen molar-refractivity contribution in [1.29, 1.82) is 0 Å². The second-order valence-corrected chi connectivity index (χ2v) is 6.42. The molecule has 0 fully saturated rings. The summed E-state index contributed by atoms with van der Waals surface area (Å²) in [5.41, 5.74) is 0.199. The third-order valence-electron chi connectivity index (χ3n) is 3.01. The number of hydrogen-bond donors (Lipinski definition) is 1. The van der Waals surface area contributed by atoms with E-state index in [1.54, 1.807) is 19.1 Å². The Hall–Kier alpha value is -2.67. The van der Waals surface area contributed by atoms with E-state index in [-0.39, 0.29) is 21.2 Å². The first-order valence-corrected chi connectivity index (χ1v) is 7.80. The van der Waals surface area contributed by atoms with E-state index in [1.807, 2.05) is 0 Å². The minimum Gasteiger partial charge on any atom is -0.507 e. The first kappa shape index (κ1) is 15.7. The van der Waals surface area contributed by atoms with Crippen molar-refractivity contribution in [2.24, 2.45) is 0 Å². The molecule has 0 aliphatic carbocycles. The summed E-state index contributed by atoms with van der Waals surface area (Å²) in [5, 5.41) is 20.3. The molecule has 2 rings (SSSR count). The maximum Gasteiger partial charge on any atom is 0.269 e. The Bertz CT molecular complexity index is 839. The predicted molar refractivity (Wildman–Crippen MR) is 81.4 cm³/mol. The van der Waals surface area contributed by atoms with Crippen LogP contribution in [-0.4, -0.2) is 18.4 Å². The molecule has 114 valence electrons. The molecular formula is C15H13NO5S. The third-order valence-corrected chi connectivity index (χ3v) is 4.78. The number of nitrogens with zero attached hydrogens (tertiary/aromatic N) is 1. The molecule has 0 aromatic heterocycles. The van der Waals surface area contributed by atoms with Crippen LogP contribution < -0.4 is 0 Å². The molecule has 0 amide bonds. The predicted octanol–water partition coefficient (Wildman–Crippen LogP) is 3.17. The molecule has 0 aliphatic rings. The van der Waals surface area contributed by atoms with Crippen LogP contribution in [0, 0.1) is 10.1 Å². The number of nitro benzene ring substituents is 1. The van der Waals surface area contributed by atoms with E-state index >= 15 is 0 Å². The SMILES string of the molecule is CC=Cc1cc(S(=O)(=O)c2ccc([N+](=O)[O-])cc2)ccc1O. The highest BCUT2D eigenvalue weighted by Gasteiger charge is 2.19. The van der Waals surface area contributed by atoms with Gasteiger partial charge in [-0.15, -0.1) is 0 Å². The standard InChI is InChI=1S/C15H13NO5S/c1-2-3-11-10-14(8-9-15(11)17)22(20,21)13-6-4-12(5-7-13)16(18)19/h2-10,17H,1H3. The lowest BCUT2D eigenvalue weighted by molar-refractivity contribution is -0.384. The van der Waals surface area contributed by atoms with Crippen molar-refractivity contribution in [3.63, 3.8) is 0 Å². The zero-order valence-corrected chi connectivity index (χ0v) is 12.4. The van der Waals surface area contributed by atoms with Crippen LogP contribution in [0.25, 0.3) is 6.08 Å². The summed E-state index contributed by atoms with van der Waals surface area (Å²) in [6, 6.07) is 8.60. The van der Waals surface area contributed by atoms with Gasteiger partial charge in [0.25, 0.3) is 5.69 Å². The summed E-state index contributed by atoms with van der Waals surface area (Å²) in [6.45, 7) is 1.75. The summed E-state index contributed by atoms with van der Waals surface area (Å²) in [4.78, 5) is 9.97. The molecule has 0 saturated heterocycles. The number of phenols is 1. The van der Waals surface area contributed by atoms with Gasteiger partial charge in [0.1, 0.15) is 5.75 Å². The maximum absolute atomic E-state index is 12.5. The molecule has 0 saturated carbocycles. The molecule has 22 heavy (non-hydrogen) atoms. The number of rotatable bonds is 4. The first-order chi connectivity index (χ1) is 10.4. The van der Waals surface area contributed by atoms with Gasteiger partial charge < -0.3 is 5.11 Å². The number of hydrogen-bond acceptors (Lipinski definition) is 5. The number of non-ortho nitro benzene ring substituents is 1. The summed E-state index contributed by atoms with van der Waals surface area (Å²) in [7, 11) is -3.81. The Kier molecular flexibility index (Phi) is 4.27. The molecule has 0 aliphatic heterocycles. The van der Waals surface area contributed by atoms with E-state index < -0.39 is 14.8 Å². The minimum atomic E-state index is -3.81. The number of allylic oxidation sites excluding steroid dienone is 1. The van der Waals surface area contributed by atoms with Crippen molar-refractivity contribution in [2.75, 3.05) is 0 Å². The zero-order chi connectivity index (χ0) is 16.3. The molecule has 0 unspecified atom stereocenters.